The third-order valence-corrected chi connectivity index (χ3v) is 5.50. The van der Waals surface area contributed by atoms with Gasteiger partial charge in [-0.3, -0.25) is 19.7 Å². The summed E-state index contributed by atoms with van der Waals surface area (Å²) in [5.41, 5.74) is -0.175. The Labute approximate surface area is 178 Å². The number of carbonyl (C=O) groups is 2. The van der Waals surface area contributed by atoms with Crippen molar-refractivity contribution < 1.29 is 19.6 Å². The lowest BCUT2D eigenvalue weighted by Gasteiger charge is -2.23. The lowest BCUT2D eigenvalue weighted by atomic mass is 9.88. The van der Waals surface area contributed by atoms with Gasteiger partial charge < -0.3 is 10.0 Å². The van der Waals surface area contributed by atoms with Crippen LogP contribution in [0.25, 0.3) is 0 Å². The van der Waals surface area contributed by atoms with Gasteiger partial charge in [0, 0.05) is 29.8 Å². The molecule has 31 heavy (non-hydrogen) atoms. The van der Waals surface area contributed by atoms with E-state index in [1.165, 1.54) is 23.1 Å². The largest absolute Gasteiger partial charge is 0.375 e. The number of carbonyl (C=O) groups excluding carboxylic acids is 2. The number of rotatable bonds is 7. The number of aliphatic hydroxyl groups is 1. The Morgan fingerprint density at radius 3 is 2.45 bits per heavy atom. The number of benzene rings is 3. The van der Waals surface area contributed by atoms with E-state index in [9.17, 15) is 24.8 Å². The van der Waals surface area contributed by atoms with Crippen LogP contribution in [0, 0.1) is 10.1 Å². The summed E-state index contributed by atoms with van der Waals surface area (Å²) >= 11 is 0. The smallest absolute Gasteiger partial charge is 0.270 e. The fraction of sp³-hybridized carbons (Fsp3) is 0.167. The number of amides is 1. The molecule has 1 heterocycles. The number of hydrogen-bond donors (Lipinski definition) is 1. The molecule has 0 fully saturated rings. The lowest BCUT2D eigenvalue weighted by Crippen LogP contribution is -2.42. The Hall–Kier alpha value is -3.84. The van der Waals surface area contributed by atoms with E-state index in [-0.39, 0.29) is 11.3 Å². The third kappa shape index (κ3) is 3.83. The molecule has 156 valence electrons. The van der Waals surface area contributed by atoms with Crippen LogP contribution in [0.4, 0.5) is 11.4 Å². The molecule has 3 aromatic rings. The van der Waals surface area contributed by atoms with Gasteiger partial charge in [0.1, 0.15) is 0 Å². The minimum Gasteiger partial charge on any atom is -0.375 e. The van der Waals surface area contributed by atoms with E-state index in [1.807, 2.05) is 30.3 Å². The molecule has 0 aliphatic carbocycles. The maximum atomic E-state index is 13.3. The maximum absolute atomic E-state index is 13.3. The molecule has 3 aromatic carbocycles. The molecule has 4 rings (SSSR count). The molecule has 0 aromatic heterocycles. The summed E-state index contributed by atoms with van der Waals surface area (Å²) in [7, 11) is 0. The number of anilines is 1. The highest BCUT2D eigenvalue weighted by Crippen LogP contribution is 2.43. The van der Waals surface area contributed by atoms with Crippen molar-refractivity contribution in [3.05, 3.63) is 106 Å². The fourth-order valence-corrected chi connectivity index (χ4v) is 3.91. The Morgan fingerprint density at radius 1 is 1.00 bits per heavy atom. The van der Waals surface area contributed by atoms with Crippen molar-refractivity contribution in [1.29, 1.82) is 0 Å². The van der Waals surface area contributed by atoms with Crippen molar-refractivity contribution in [1.82, 2.24) is 0 Å². The lowest BCUT2D eigenvalue weighted by molar-refractivity contribution is -0.384. The molecule has 0 saturated carbocycles. The SMILES string of the molecule is O=C(CC1(O)C(=O)N(CCc2ccccc2)c2ccccc21)c1cccc([N+](=O)[O-])c1. The summed E-state index contributed by atoms with van der Waals surface area (Å²) < 4.78 is 0. The molecule has 7 nitrogen and oxygen atoms in total. The minimum atomic E-state index is -2.02. The van der Waals surface area contributed by atoms with Gasteiger partial charge in [-0.2, -0.15) is 0 Å². The van der Waals surface area contributed by atoms with Gasteiger partial charge >= 0.3 is 0 Å². The highest BCUT2D eigenvalue weighted by atomic mass is 16.6. The van der Waals surface area contributed by atoms with Gasteiger partial charge in [-0.05, 0) is 18.1 Å². The molecule has 1 aliphatic rings. The molecular weight excluding hydrogens is 396 g/mol. The van der Waals surface area contributed by atoms with E-state index in [4.69, 9.17) is 0 Å². The highest BCUT2D eigenvalue weighted by molar-refractivity contribution is 6.10. The van der Waals surface area contributed by atoms with Crippen LogP contribution in [0.2, 0.25) is 0 Å². The van der Waals surface area contributed by atoms with Crippen molar-refractivity contribution in [2.24, 2.45) is 0 Å². The summed E-state index contributed by atoms with van der Waals surface area (Å²) in [5.74, 6) is -1.11. The first kappa shape index (κ1) is 20.4. The van der Waals surface area contributed by atoms with E-state index >= 15 is 0 Å². The quantitative estimate of drug-likeness (QED) is 0.360. The molecular formula is C24H20N2O5. The number of para-hydroxylation sites is 1. The zero-order chi connectivity index (χ0) is 22.0. The highest BCUT2D eigenvalue weighted by Gasteiger charge is 2.50. The van der Waals surface area contributed by atoms with Crippen molar-refractivity contribution >= 4 is 23.1 Å². The summed E-state index contributed by atoms with van der Waals surface area (Å²) in [6, 6.07) is 21.8. The number of nitro benzene ring substituents is 1. The van der Waals surface area contributed by atoms with Crippen LogP contribution in [0.15, 0.2) is 78.9 Å². The first-order valence-corrected chi connectivity index (χ1v) is 9.85. The summed E-state index contributed by atoms with van der Waals surface area (Å²) in [4.78, 5) is 38.1. The number of nitrogens with zero attached hydrogens (tertiary/aromatic N) is 2. The average molecular weight is 416 g/mol. The van der Waals surface area contributed by atoms with Crippen LogP contribution < -0.4 is 4.90 Å². The molecule has 1 N–H and O–H groups in total. The van der Waals surface area contributed by atoms with E-state index in [1.54, 1.807) is 24.3 Å². The van der Waals surface area contributed by atoms with E-state index in [0.717, 1.165) is 11.6 Å². The van der Waals surface area contributed by atoms with Crippen LogP contribution in [0.3, 0.4) is 0 Å². The van der Waals surface area contributed by atoms with Crippen LogP contribution >= 0.6 is 0 Å². The van der Waals surface area contributed by atoms with Crippen LogP contribution in [0.5, 0.6) is 0 Å². The zero-order valence-electron chi connectivity index (χ0n) is 16.6. The molecule has 0 saturated heterocycles. The number of ketones is 1. The molecule has 7 heteroatoms. The van der Waals surface area contributed by atoms with E-state index in [2.05, 4.69) is 0 Å². The normalized spacial score (nSPS) is 17.5. The summed E-state index contributed by atoms with van der Waals surface area (Å²) in [5, 5.41) is 22.4. The molecule has 1 amide bonds. The van der Waals surface area contributed by atoms with Crippen LogP contribution in [0.1, 0.15) is 27.9 Å². The number of fused-ring (bicyclic) bond motifs is 1. The van der Waals surface area contributed by atoms with Gasteiger partial charge in [-0.1, -0.05) is 60.7 Å². The average Bonchev–Trinajstić information content (AvgIpc) is 3.00. The molecule has 0 bridgehead atoms. The van der Waals surface area contributed by atoms with Crippen molar-refractivity contribution in [2.75, 3.05) is 11.4 Å². The second-order valence-corrected chi connectivity index (χ2v) is 7.48. The Morgan fingerprint density at radius 2 is 1.71 bits per heavy atom. The van der Waals surface area contributed by atoms with E-state index < -0.39 is 28.6 Å². The first-order chi connectivity index (χ1) is 14.9. The second kappa shape index (κ2) is 8.12. The second-order valence-electron chi connectivity index (χ2n) is 7.48. The van der Waals surface area contributed by atoms with E-state index in [0.29, 0.717) is 24.2 Å². The number of Topliss-reactive ketones (excluding diaryl/α,β-unsaturated/α-hetero) is 1. The Bertz CT molecular complexity index is 1160. The van der Waals surface area contributed by atoms with Crippen LogP contribution in [-0.4, -0.2) is 28.3 Å². The molecule has 1 aliphatic heterocycles. The van der Waals surface area contributed by atoms with Gasteiger partial charge in [0.25, 0.3) is 11.6 Å². The van der Waals surface area contributed by atoms with Gasteiger partial charge in [-0.25, -0.2) is 0 Å². The Balaban J connectivity index is 1.61. The molecule has 0 radical (unpaired) electrons. The predicted octanol–water partition coefficient (Wildman–Crippen LogP) is 3.64. The topological polar surface area (TPSA) is 101 Å². The number of non-ortho nitro benzene ring substituents is 1. The Kier molecular flexibility index (Phi) is 5.35. The molecule has 1 unspecified atom stereocenters. The first-order valence-electron chi connectivity index (χ1n) is 9.85. The maximum Gasteiger partial charge on any atom is 0.270 e. The standard InChI is InChI=1S/C24H20N2O5/c27-22(18-9-6-10-19(15-18)26(30)31)16-24(29)20-11-4-5-12-21(20)25(23(24)28)14-13-17-7-2-1-3-8-17/h1-12,15,29H,13-14,16H2. The minimum absolute atomic E-state index is 0.0793. The monoisotopic (exact) mass is 416 g/mol. The van der Waals surface area contributed by atoms with Gasteiger partial charge in [0.05, 0.1) is 17.0 Å². The van der Waals surface area contributed by atoms with Gasteiger partial charge in [0.15, 0.2) is 11.4 Å². The number of nitro groups is 1. The fourth-order valence-electron chi connectivity index (χ4n) is 3.91. The van der Waals surface area contributed by atoms with Crippen molar-refractivity contribution in [2.45, 2.75) is 18.4 Å². The molecule has 1 atom stereocenters. The van der Waals surface area contributed by atoms with Crippen LogP contribution in [-0.2, 0) is 16.8 Å². The summed E-state index contributed by atoms with van der Waals surface area (Å²) in [6.45, 7) is 0.354. The predicted molar refractivity (Wildman–Crippen MR) is 115 cm³/mol. The number of hydrogen-bond acceptors (Lipinski definition) is 5. The third-order valence-electron chi connectivity index (χ3n) is 5.50. The van der Waals surface area contributed by atoms with Gasteiger partial charge in [-0.15, -0.1) is 0 Å². The van der Waals surface area contributed by atoms with Gasteiger partial charge in [0.2, 0.25) is 0 Å². The molecule has 0 spiro atoms. The summed E-state index contributed by atoms with van der Waals surface area (Å²) in [6.07, 6.45) is 0.0989. The zero-order valence-corrected chi connectivity index (χ0v) is 16.6. The van der Waals surface area contributed by atoms with Crippen molar-refractivity contribution in [3.8, 4) is 0 Å². The van der Waals surface area contributed by atoms with Crippen molar-refractivity contribution in [3.63, 3.8) is 0 Å².